The number of hydrogen-bond donors (Lipinski definition) is 0. The van der Waals surface area contributed by atoms with Gasteiger partial charge in [0.25, 0.3) is 0 Å². The first-order valence-electron chi connectivity index (χ1n) is 8.74. The van der Waals surface area contributed by atoms with Crippen LogP contribution in [-0.2, 0) is 24.2 Å². The Morgan fingerprint density at radius 3 is 2.22 bits per heavy atom. The van der Waals surface area contributed by atoms with Gasteiger partial charge in [-0.25, -0.2) is 0 Å². The summed E-state index contributed by atoms with van der Waals surface area (Å²) in [7, 11) is 0. The van der Waals surface area contributed by atoms with Crippen LogP contribution in [0.5, 0.6) is 0 Å². The highest BCUT2D eigenvalue weighted by Gasteiger charge is 2.14. The molecular formula is C21H20ClN3OS. The lowest BCUT2D eigenvalue weighted by atomic mass is 10.0. The number of halogens is 1. The van der Waals surface area contributed by atoms with Gasteiger partial charge in [-0.2, -0.15) is 0 Å². The van der Waals surface area contributed by atoms with Crippen molar-refractivity contribution < 1.29 is 4.74 Å². The molecule has 0 spiro atoms. The smallest absolute Gasteiger partial charge is 0.0978 e. The Labute approximate surface area is 168 Å². The molecule has 0 aliphatic carbocycles. The van der Waals surface area contributed by atoms with E-state index in [1.165, 1.54) is 22.5 Å². The second-order valence-corrected chi connectivity index (χ2v) is 7.90. The van der Waals surface area contributed by atoms with Gasteiger partial charge in [0.05, 0.1) is 23.6 Å². The van der Waals surface area contributed by atoms with Gasteiger partial charge in [0.15, 0.2) is 0 Å². The molecule has 0 aliphatic rings. The molecule has 6 heteroatoms. The lowest BCUT2D eigenvalue weighted by molar-refractivity contribution is 0.0480. The van der Waals surface area contributed by atoms with Crippen LogP contribution < -0.4 is 0 Å². The predicted molar refractivity (Wildman–Crippen MR) is 111 cm³/mol. The van der Waals surface area contributed by atoms with Crippen molar-refractivity contribution in [1.82, 2.24) is 0 Å². The Hall–Kier alpha value is -2.30. The highest BCUT2D eigenvalue weighted by Crippen LogP contribution is 2.30. The largest absolute Gasteiger partial charge is 0.368 e. The van der Waals surface area contributed by atoms with Crippen LogP contribution in [-0.4, -0.2) is 6.54 Å². The maximum Gasteiger partial charge on any atom is 0.0978 e. The normalized spacial score (nSPS) is 11.7. The third kappa shape index (κ3) is 6.12. The number of nitrogens with zero attached hydrogens (tertiary/aromatic N) is 3. The molecule has 0 saturated heterocycles. The Morgan fingerprint density at radius 2 is 1.59 bits per heavy atom. The van der Waals surface area contributed by atoms with Gasteiger partial charge >= 0.3 is 0 Å². The molecule has 3 aromatic rings. The summed E-state index contributed by atoms with van der Waals surface area (Å²) in [6.07, 6.45) is 1.76. The van der Waals surface area contributed by atoms with Gasteiger partial charge in [-0.3, -0.25) is 0 Å². The van der Waals surface area contributed by atoms with E-state index in [1.807, 2.05) is 18.2 Å². The van der Waals surface area contributed by atoms with Crippen molar-refractivity contribution in [3.8, 4) is 0 Å². The molecule has 0 bridgehead atoms. The van der Waals surface area contributed by atoms with Gasteiger partial charge in [-0.05, 0) is 47.2 Å². The zero-order valence-corrected chi connectivity index (χ0v) is 16.4. The van der Waals surface area contributed by atoms with Crippen LogP contribution >= 0.6 is 22.9 Å². The topological polar surface area (TPSA) is 58.0 Å². The fraction of sp³-hybridized carbons (Fsp3) is 0.238. The van der Waals surface area contributed by atoms with Crippen molar-refractivity contribution in [2.45, 2.75) is 25.6 Å². The number of azide groups is 1. The highest BCUT2D eigenvalue weighted by molar-refractivity contribution is 7.16. The molecule has 3 rings (SSSR count). The Balaban J connectivity index is 1.55. The maximum atomic E-state index is 8.60. The summed E-state index contributed by atoms with van der Waals surface area (Å²) in [6, 6.07) is 22.7. The lowest BCUT2D eigenvalue weighted by Crippen LogP contribution is -2.06. The number of aryl methyl sites for hydroxylation is 2. The van der Waals surface area contributed by atoms with Gasteiger partial charge in [0.2, 0.25) is 0 Å². The van der Waals surface area contributed by atoms with Crippen LogP contribution in [0.15, 0.2) is 71.8 Å². The molecule has 1 heterocycles. The van der Waals surface area contributed by atoms with Crippen molar-refractivity contribution in [3.63, 3.8) is 0 Å². The van der Waals surface area contributed by atoms with Gasteiger partial charge in [-0.15, -0.1) is 11.3 Å². The number of thiophene rings is 1. The molecule has 2 aromatic carbocycles. The summed E-state index contributed by atoms with van der Waals surface area (Å²) in [5, 5.41) is 3.66. The zero-order valence-electron chi connectivity index (χ0n) is 14.8. The van der Waals surface area contributed by atoms with E-state index in [-0.39, 0.29) is 12.6 Å². The second-order valence-electron chi connectivity index (χ2n) is 6.16. The summed E-state index contributed by atoms with van der Waals surface area (Å²) < 4.78 is 6.68. The van der Waals surface area contributed by atoms with E-state index < -0.39 is 0 Å². The Kier molecular flexibility index (Phi) is 7.31. The van der Waals surface area contributed by atoms with Crippen LogP contribution in [0.1, 0.15) is 27.7 Å². The first-order chi connectivity index (χ1) is 13.2. The van der Waals surface area contributed by atoms with Crippen molar-refractivity contribution in [1.29, 1.82) is 0 Å². The number of ether oxygens (including phenoxy) is 1. The SMILES string of the molecule is [N-]=[N+]=NCC(OCc1ccc(CCc2ccccc2)cc1)c1ccc(Cl)s1. The fourth-order valence-electron chi connectivity index (χ4n) is 2.77. The molecule has 0 fully saturated rings. The lowest BCUT2D eigenvalue weighted by Gasteiger charge is -2.14. The minimum Gasteiger partial charge on any atom is -0.368 e. The number of rotatable bonds is 9. The van der Waals surface area contributed by atoms with Crippen molar-refractivity contribution in [2.24, 2.45) is 5.11 Å². The van der Waals surface area contributed by atoms with Gasteiger partial charge in [0, 0.05) is 9.79 Å². The van der Waals surface area contributed by atoms with Gasteiger partial charge in [0.1, 0.15) is 0 Å². The van der Waals surface area contributed by atoms with Crippen LogP contribution in [0.4, 0.5) is 0 Å². The summed E-state index contributed by atoms with van der Waals surface area (Å²) >= 11 is 7.45. The predicted octanol–water partition coefficient (Wildman–Crippen LogP) is 6.75. The summed E-state index contributed by atoms with van der Waals surface area (Å²) in [5.41, 5.74) is 12.3. The van der Waals surface area contributed by atoms with E-state index in [2.05, 4.69) is 58.6 Å². The molecule has 0 aliphatic heterocycles. The number of hydrogen-bond acceptors (Lipinski definition) is 3. The first-order valence-corrected chi connectivity index (χ1v) is 9.93. The molecule has 1 aromatic heterocycles. The van der Waals surface area contributed by atoms with E-state index >= 15 is 0 Å². The molecule has 0 saturated carbocycles. The van der Waals surface area contributed by atoms with E-state index in [1.54, 1.807) is 0 Å². The van der Waals surface area contributed by atoms with Gasteiger partial charge < -0.3 is 4.74 Å². The van der Waals surface area contributed by atoms with Crippen LogP contribution in [0, 0.1) is 0 Å². The second kappa shape index (κ2) is 10.1. The molecular weight excluding hydrogens is 378 g/mol. The average molecular weight is 398 g/mol. The van der Waals surface area contributed by atoms with Crippen molar-refractivity contribution in [3.05, 3.63) is 103 Å². The molecule has 1 atom stereocenters. The fourth-order valence-corrected chi connectivity index (χ4v) is 3.87. The highest BCUT2D eigenvalue weighted by atomic mass is 35.5. The first kappa shape index (κ1) is 19.5. The molecule has 0 amide bonds. The Bertz CT molecular complexity index is 889. The molecule has 0 radical (unpaired) electrons. The standard InChI is InChI=1S/C21H20ClN3OS/c22-21-13-12-20(27-21)19(14-24-25-23)26-15-18-10-8-17(9-11-18)7-6-16-4-2-1-3-5-16/h1-5,8-13,19H,6-7,14-15H2. The van der Waals surface area contributed by atoms with Crippen LogP contribution in [0.25, 0.3) is 10.4 Å². The van der Waals surface area contributed by atoms with Crippen molar-refractivity contribution in [2.75, 3.05) is 6.54 Å². The van der Waals surface area contributed by atoms with E-state index in [0.29, 0.717) is 10.9 Å². The summed E-state index contributed by atoms with van der Waals surface area (Å²) in [5.74, 6) is 0. The summed E-state index contributed by atoms with van der Waals surface area (Å²) in [6.45, 7) is 0.711. The Morgan fingerprint density at radius 1 is 0.926 bits per heavy atom. The quantitative estimate of drug-likeness (QED) is 0.223. The van der Waals surface area contributed by atoms with Crippen LogP contribution in [0.2, 0.25) is 4.34 Å². The minimum absolute atomic E-state index is 0.252. The third-order valence-electron chi connectivity index (χ3n) is 4.24. The molecule has 0 N–H and O–H groups in total. The minimum atomic E-state index is -0.281. The van der Waals surface area contributed by atoms with E-state index in [0.717, 1.165) is 23.3 Å². The molecule has 138 valence electrons. The van der Waals surface area contributed by atoms with E-state index in [4.69, 9.17) is 21.9 Å². The number of benzene rings is 2. The average Bonchev–Trinajstić information content (AvgIpc) is 3.14. The van der Waals surface area contributed by atoms with Crippen molar-refractivity contribution >= 4 is 22.9 Å². The maximum absolute atomic E-state index is 8.60. The van der Waals surface area contributed by atoms with Gasteiger partial charge in [-0.1, -0.05) is 71.3 Å². The monoisotopic (exact) mass is 397 g/mol. The third-order valence-corrected chi connectivity index (χ3v) is 5.56. The van der Waals surface area contributed by atoms with E-state index in [9.17, 15) is 0 Å². The summed E-state index contributed by atoms with van der Waals surface area (Å²) in [4.78, 5) is 3.80. The van der Waals surface area contributed by atoms with Crippen LogP contribution in [0.3, 0.4) is 0 Å². The zero-order chi connectivity index (χ0) is 18.9. The molecule has 1 unspecified atom stereocenters. The molecule has 4 nitrogen and oxygen atoms in total. The molecule has 27 heavy (non-hydrogen) atoms.